The number of hydrogen-bond acceptors (Lipinski definition) is 6. The van der Waals surface area contributed by atoms with Crippen molar-refractivity contribution in [2.24, 2.45) is 0 Å². The molecule has 2 aromatic carbocycles. The van der Waals surface area contributed by atoms with Crippen LogP contribution in [0.3, 0.4) is 0 Å². The molecule has 3 rings (SSSR count). The fourth-order valence-corrected chi connectivity index (χ4v) is 4.83. The van der Waals surface area contributed by atoms with E-state index >= 15 is 0 Å². The van der Waals surface area contributed by atoms with Crippen molar-refractivity contribution in [3.63, 3.8) is 0 Å². The molecule has 0 saturated heterocycles. The number of fused-ring (bicyclic) bond motifs is 1. The summed E-state index contributed by atoms with van der Waals surface area (Å²) in [7, 11) is 0. The summed E-state index contributed by atoms with van der Waals surface area (Å²) in [5.74, 6) is -0.331. The van der Waals surface area contributed by atoms with Crippen LogP contribution in [0, 0.1) is 0 Å². The minimum atomic E-state index is -1.18. The van der Waals surface area contributed by atoms with Gasteiger partial charge in [0.2, 0.25) is 0 Å². The highest BCUT2D eigenvalue weighted by molar-refractivity contribution is 6.01. The molecular weight excluding hydrogens is 488 g/mol. The number of rotatable bonds is 16. The van der Waals surface area contributed by atoms with Crippen LogP contribution in [-0.2, 0) is 22.4 Å². The molecule has 0 unspecified atom stereocenters. The first kappa shape index (κ1) is 29.0. The van der Waals surface area contributed by atoms with E-state index in [4.69, 9.17) is 14.2 Å². The Hall–Kier alpha value is -3.55. The van der Waals surface area contributed by atoms with E-state index in [9.17, 15) is 24.6 Å². The maximum atomic E-state index is 13.1. The van der Waals surface area contributed by atoms with Crippen LogP contribution in [0.25, 0.3) is 0 Å². The molecule has 0 amide bonds. The van der Waals surface area contributed by atoms with Crippen LogP contribution in [0.15, 0.2) is 36.4 Å². The molecule has 1 aliphatic rings. The van der Waals surface area contributed by atoms with Crippen LogP contribution >= 0.6 is 0 Å². The molecule has 2 N–H and O–H groups in total. The fraction of sp³-hybridized carbons (Fsp3) is 0.500. The van der Waals surface area contributed by atoms with E-state index in [2.05, 4.69) is 13.0 Å². The van der Waals surface area contributed by atoms with E-state index in [0.29, 0.717) is 43.1 Å². The molecular formula is C30H38O8. The number of para-hydroxylation sites is 1. The molecule has 2 aromatic rings. The number of ether oxygens (including phenoxy) is 3. The molecule has 0 radical (unpaired) electrons. The van der Waals surface area contributed by atoms with Crippen LogP contribution in [0.5, 0.6) is 17.2 Å². The minimum Gasteiger partial charge on any atom is -0.493 e. The Morgan fingerprint density at radius 3 is 2.16 bits per heavy atom. The Bertz CT molecular complexity index is 1110. The number of aliphatic carboxylic acids is 2. The largest absolute Gasteiger partial charge is 0.493 e. The molecule has 0 saturated carbocycles. The van der Waals surface area contributed by atoms with Crippen molar-refractivity contribution in [3.8, 4) is 17.2 Å². The minimum absolute atomic E-state index is 0.0499. The quantitative estimate of drug-likeness (QED) is 0.261. The first-order valence-corrected chi connectivity index (χ1v) is 13.4. The van der Waals surface area contributed by atoms with Gasteiger partial charge in [0.05, 0.1) is 25.2 Å². The number of carbonyl (C=O) groups excluding carboxylic acids is 1. The molecule has 0 aromatic heterocycles. The lowest BCUT2D eigenvalue weighted by atomic mass is 9.82. The second-order valence-corrected chi connectivity index (χ2v) is 9.75. The third-order valence-electron chi connectivity index (χ3n) is 6.70. The van der Waals surface area contributed by atoms with Gasteiger partial charge in [-0.15, -0.1) is 0 Å². The zero-order valence-electron chi connectivity index (χ0n) is 22.3. The van der Waals surface area contributed by atoms with Crippen LogP contribution in [0.4, 0.5) is 0 Å². The normalized spacial score (nSPS) is 13.9. The zero-order valence-corrected chi connectivity index (χ0v) is 22.3. The highest BCUT2D eigenvalue weighted by Gasteiger charge is 2.42. The summed E-state index contributed by atoms with van der Waals surface area (Å²) in [6.07, 6.45) is 3.64. The van der Waals surface area contributed by atoms with E-state index < -0.39 is 17.5 Å². The summed E-state index contributed by atoms with van der Waals surface area (Å²) in [5.41, 5.74) is 1.19. The van der Waals surface area contributed by atoms with Crippen LogP contribution < -0.4 is 14.2 Å². The number of aryl methyl sites for hydroxylation is 1. The third kappa shape index (κ3) is 7.73. The van der Waals surface area contributed by atoms with Gasteiger partial charge in [-0.1, -0.05) is 44.9 Å². The second-order valence-electron chi connectivity index (χ2n) is 9.75. The van der Waals surface area contributed by atoms with Gasteiger partial charge in [0.15, 0.2) is 5.78 Å². The summed E-state index contributed by atoms with van der Waals surface area (Å²) in [6.45, 7) is 5.05. The average molecular weight is 527 g/mol. The summed E-state index contributed by atoms with van der Waals surface area (Å²) < 4.78 is 18.5. The number of carbonyl (C=O) groups is 3. The molecule has 0 aliphatic carbocycles. The van der Waals surface area contributed by atoms with E-state index in [1.165, 1.54) is 5.56 Å². The average Bonchev–Trinajstić information content (AvgIpc) is 2.88. The second kappa shape index (κ2) is 13.8. The predicted octanol–water partition coefficient (Wildman–Crippen LogP) is 5.87. The topological polar surface area (TPSA) is 119 Å². The molecule has 206 valence electrons. The van der Waals surface area contributed by atoms with Gasteiger partial charge in [0, 0.05) is 24.8 Å². The first-order chi connectivity index (χ1) is 18.3. The fourth-order valence-electron chi connectivity index (χ4n) is 4.83. The number of carboxylic acids is 2. The number of hydrogen-bond donors (Lipinski definition) is 2. The number of benzene rings is 2. The van der Waals surface area contributed by atoms with E-state index in [1.807, 2.05) is 25.1 Å². The zero-order chi connectivity index (χ0) is 27.5. The Balaban J connectivity index is 1.75. The highest BCUT2D eigenvalue weighted by Crippen LogP contribution is 2.44. The van der Waals surface area contributed by atoms with Gasteiger partial charge in [-0.05, 0) is 49.4 Å². The van der Waals surface area contributed by atoms with E-state index in [-0.39, 0.29) is 37.9 Å². The van der Waals surface area contributed by atoms with Gasteiger partial charge in [-0.25, -0.2) is 0 Å². The maximum Gasteiger partial charge on any atom is 0.303 e. The lowest BCUT2D eigenvalue weighted by Crippen LogP contribution is -2.43. The van der Waals surface area contributed by atoms with Crippen molar-refractivity contribution < 1.29 is 38.8 Å². The Kier molecular flexibility index (Phi) is 10.6. The molecule has 8 nitrogen and oxygen atoms in total. The molecule has 0 fully saturated rings. The molecule has 38 heavy (non-hydrogen) atoms. The summed E-state index contributed by atoms with van der Waals surface area (Å²) in [6, 6.07) is 11.5. The van der Waals surface area contributed by atoms with Gasteiger partial charge in [0.1, 0.15) is 22.8 Å². The van der Waals surface area contributed by atoms with E-state index in [0.717, 1.165) is 30.6 Å². The smallest absolute Gasteiger partial charge is 0.303 e. The van der Waals surface area contributed by atoms with Gasteiger partial charge in [-0.2, -0.15) is 0 Å². The van der Waals surface area contributed by atoms with E-state index in [1.54, 1.807) is 12.1 Å². The highest BCUT2D eigenvalue weighted by atomic mass is 16.5. The summed E-state index contributed by atoms with van der Waals surface area (Å²) >= 11 is 0. The Labute approximate surface area is 223 Å². The van der Waals surface area contributed by atoms with Crippen LogP contribution in [0.2, 0.25) is 0 Å². The summed E-state index contributed by atoms with van der Waals surface area (Å²) in [4.78, 5) is 35.7. The number of ketones is 1. The lowest BCUT2D eigenvalue weighted by Gasteiger charge is -2.39. The van der Waals surface area contributed by atoms with Crippen molar-refractivity contribution >= 4 is 17.7 Å². The Morgan fingerprint density at radius 2 is 1.53 bits per heavy atom. The maximum absolute atomic E-state index is 13.1. The molecule has 8 heteroatoms. The Morgan fingerprint density at radius 1 is 0.895 bits per heavy atom. The van der Waals surface area contributed by atoms with Crippen LogP contribution in [-0.4, -0.2) is 46.7 Å². The van der Waals surface area contributed by atoms with Crippen molar-refractivity contribution in [2.75, 3.05) is 13.2 Å². The molecule has 1 aliphatic heterocycles. The van der Waals surface area contributed by atoms with Crippen molar-refractivity contribution in [2.45, 2.75) is 83.7 Å². The monoisotopic (exact) mass is 526 g/mol. The predicted molar refractivity (Wildman–Crippen MR) is 143 cm³/mol. The molecule has 0 atom stereocenters. The molecule has 1 heterocycles. The molecule has 0 spiro atoms. The third-order valence-corrected chi connectivity index (χ3v) is 6.70. The van der Waals surface area contributed by atoms with Gasteiger partial charge in [-0.3, -0.25) is 14.4 Å². The number of Topliss-reactive ketones (excluding diaryl/α,β-unsaturated/α-hetero) is 1. The molecule has 0 bridgehead atoms. The summed E-state index contributed by atoms with van der Waals surface area (Å²) in [5, 5.41) is 18.5. The van der Waals surface area contributed by atoms with Crippen molar-refractivity contribution in [1.29, 1.82) is 0 Å². The van der Waals surface area contributed by atoms with Gasteiger partial charge < -0.3 is 24.4 Å². The SMILES string of the molecule is CCCc1ccccc1OCCCOc1ccc2c(c1CCC)OC(CCC(=O)O)(CCC(=O)O)CC2=O. The standard InChI is InChI=1S/C30H38O8/c1-3-8-21-10-5-6-11-25(21)36-18-7-19-37-26-13-12-22-24(31)20-30(16-14-27(32)33,17-15-28(34)35)38-29(22)23(26)9-4-2/h5-6,10-13H,3-4,7-9,14-20H2,1-2H3,(H,32,33)(H,34,35). The number of carboxylic acid groups (broad SMARTS) is 2. The first-order valence-electron chi connectivity index (χ1n) is 13.4. The van der Waals surface area contributed by atoms with Crippen molar-refractivity contribution in [1.82, 2.24) is 0 Å². The van der Waals surface area contributed by atoms with Crippen molar-refractivity contribution in [3.05, 3.63) is 53.1 Å². The van der Waals surface area contributed by atoms with Crippen LogP contribution in [0.1, 0.15) is 86.7 Å². The van der Waals surface area contributed by atoms with Gasteiger partial charge in [0.25, 0.3) is 0 Å². The lowest BCUT2D eigenvalue weighted by molar-refractivity contribution is -0.139. The van der Waals surface area contributed by atoms with Gasteiger partial charge >= 0.3 is 11.9 Å².